The minimum Gasteiger partial charge on any atom is -0.465 e. The Bertz CT molecular complexity index is 486. The van der Waals surface area contributed by atoms with Gasteiger partial charge in [0.05, 0.1) is 24.2 Å². The summed E-state index contributed by atoms with van der Waals surface area (Å²) in [5, 5.41) is 10.7. The van der Waals surface area contributed by atoms with Gasteiger partial charge in [0.15, 0.2) is 0 Å². The van der Waals surface area contributed by atoms with E-state index in [-0.39, 0.29) is 23.9 Å². The van der Waals surface area contributed by atoms with Crippen LogP contribution in [0, 0.1) is 17.3 Å². The molecular weight excluding hydrogens is 380 g/mol. The van der Waals surface area contributed by atoms with E-state index in [9.17, 15) is 9.90 Å². The zero-order valence-corrected chi connectivity index (χ0v) is 21.9. The van der Waals surface area contributed by atoms with Gasteiger partial charge in [-0.15, -0.1) is 6.58 Å². The van der Waals surface area contributed by atoms with Crippen LogP contribution in [0.25, 0.3) is 0 Å². The van der Waals surface area contributed by atoms with E-state index in [2.05, 4.69) is 55.0 Å². The lowest BCUT2D eigenvalue weighted by molar-refractivity contribution is -0.155. The van der Waals surface area contributed by atoms with Crippen molar-refractivity contribution in [3.05, 3.63) is 12.7 Å². The first kappa shape index (κ1) is 28.3. The van der Waals surface area contributed by atoms with Crippen molar-refractivity contribution in [2.24, 2.45) is 17.3 Å². The molecule has 0 amide bonds. The highest BCUT2D eigenvalue weighted by Gasteiger charge is 2.48. The molecule has 1 unspecified atom stereocenters. The third-order valence-electron chi connectivity index (χ3n) is 6.23. The van der Waals surface area contributed by atoms with E-state index in [4.69, 9.17) is 9.16 Å². The standard InChI is InChI=1S/C24H48O4Si/c1-13-14-21(25)20(9)22(19(8)15-27-23(26)24(10,11)12)28-29(16(2)3,17(4)5)18(6)7/h13,16-22,25H,1,14-15H2,2-12H3/t19-,20-,21?,22+/m1/s1. The highest BCUT2D eigenvalue weighted by atomic mass is 28.4. The lowest BCUT2D eigenvalue weighted by Gasteiger charge is -2.47. The van der Waals surface area contributed by atoms with Gasteiger partial charge in [0.2, 0.25) is 8.32 Å². The van der Waals surface area contributed by atoms with Crippen LogP contribution in [-0.4, -0.2) is 38.2 Å². The Morgan fingerprint density at radius 2 is 1.45 bits per heavy atom. The maximum Gasteiger partial charge on any atom is 0.311 e. The van der Waals surface area contributed by atoms with E-state index < -0.39 is 19.8 Å². The minimum atomic E-state index is -2.16. The van der Waals surface area contributed by atoms with Gasteiger partial charge in [-0.3, -0.25) is 4.79 Å². The second-order valence-electron chi connectivity index (χ2n) is 10.7. The van der Waals surface area contributed by atoms with Gasteiger partial charge in [-0.05, 0) is 43.8 Å². The van der Waals surface area contributed by atoms with Gasteiger partial charge in [-0.25, -0.2) is 0 Å². The summed E-state index contributed by atoms with van der Waals surface area (Å²) in [7, 11) is -2.16. The van der Waals surface area contributed by atoms with Crippen LogP contribution in [-0.2, 0) is 14.0 Å². The molecule has 0 aromatic carbocycles. The summed E-state index contributed by atoms with van der Waals surface area (Å²) >= 11 is 0. The molecule has 0 heterocycles. The molecule has 0 fully saturated rings. The Morgan fingerprint density at radius 3 is 1.79 bits per heavy atom. The van der Waals surface area contributed by atoms with Crippen molar-refractivity contribution in [2.75, 3.05) is 6.61 Å². The smallest absolute Gasteiger partial charge is 0.311 e. The van der Waals surface area contributed by atoms with Crippen LogP contribution >= 0.6 is 0 Å². The average Bonchev–Trinajstić information content (AvgIpc) is 2.58. The zero-order valence-electron chi connectivity index (χ0n) is 20.9. The summed E-state index contributed by atoms with van der Waals surface area (Å²) in [4.78, 5) is 12.3. The maximum atomic E-state index is 12.3. The van der Waals surface area contributed by atoms with E-state index >= 15 is 0 Å². The van der Waals surface area contributed by atoms with E-state index in [1.165, 1.54) is 0 Å². The van der Waals surface area contributed by atoms with Gasteiger partial charge in [0, 0.05) is 11.8 Å². The molecule has 0 aromatic heterocycles. The fraction of sp³-hybridized carbons (Fsp3) is 0.875. The summed E-state index contributed by atoms with van der Waals surface area (Å²) in [6, 6.07) is 0. The Kier molecular flexibility index (Phi) is 11.4. The summed E-state index contributed by atoms with van der Waals surface area (Å²) in [5.74, 6) is -0.305. The Labute approximate surface area is 181 Å². The van der Waals surface area contributed by atoms with Gasteiger partial charge in [0.25, 0.3) is 0 Å². The highest BCUT2D eigenvalue weighted by Crippen LogP contribution is 2.45. The number of rotatable bonds is 12. The molecule has 0 saturated heterocycles. The molecule has 0 radical (unpaired) electrons. The quantitative estimate of drug-likeness (QED) is 0.224. The van der Waals surface area contributed by atoms with E-state index in [0.29, 0.717) is 29.7 Å². The SMILES string of the molecule is C=CCC(O)[C@@H](C)[C@@H](O[Si](C(C)C)(C(C)C)C(C)C)[C@H](C)COC(=O)C(C)(C)C. The zero-order chi connectivity index (χ0) is 23.2. The third kappa shape index (κ3) is 7.52. The van der Waals surface area contributed by atoms with Crippen molar-refractivity contribution in [3.63, 3.8) is 0 Å². The van der Waals surface area contributed by atoms with Crippen molar-refractivity contribution in [2.45, 2.75) is 111 Å². The topological polar surface area (TPSA) is 55.8 Å². The van der Waals surface area contributed by atoms with Gasteiger partial charge < -0.3 is 14.3 Å². The molecule has 0 aromatic rings. The normalized spacial score (nSPS) is 17.3. The van der Waals surface area contributed by atoms with E-state index in [1.54, 1.807) is 6.08 Å². The van der Waals surface area contributed by atoms with Gasteiger partial charge >= 0.3 is 5.97 Å². The molecule has 0 aliphatic heterocycles. The number of ether oxygens (including phenoxy) is 1. The number of hydrogen-bond donors (Lipinski definition) is 1. The van der Waals surface area contributed by atoms with Crippen molar-refractivity contribution >= 4 is 14.3 Å². The number of esters is 1. The van der Waals surface area contributed by atoms with Crippen LogP contribution in [0.4, 0.5) is 0 Å². The van der Waals surface area contributed by atoms with Crippen molar-refractivity contribution in [1.82, 2.24) is 0 Å². The van der Waals surface area contributed by atoms with Crippen LogP contribution in [0.1, 0.15) is 82.6 Å². The van der Waals surface area contributed by atoms with Crippen LogP contribution in [0.15, 0.2) is 12.7 Å². The predicted octanol–water partition coefficient (Wildman–Crippen LogP) is 6.35. The average molecular weight is 429 g/mol. The molecule has 0 rings (SSSR count). The summed E-state index contributed by atoms with van der Waals surface area (Å²) in [5.41, 5.74) is 0.797. The van der Waals surface area contributed by atoms with Crippen LogP contribution in [0.2, 0.25) is 16.6 Å². The summed E-state index contributed by atoms with van der Waals surface area (Å²) in [6.07, 6.45) is 1.56. The lowest BCUT2D eigenvalue weighted by atomic mass is 9.88. The van der Waals surface area contributed by atoms with E-state index in [0.717, 1.165) is 0 Å². The lowest BCUT2D eigenvalue weighted by Crippen LogP contribution is -2.54. The molecule has 5 heteroatoms. The summed E-state index contributed by atoms with van der Waals surface area (Å²) < 4.78 is 12.7. The van der Waals surface area contributed by atoms with Crippen molar-refractivity contribution in [1.29, 1.82) is 0 Å². The second-order valence-corrected chi connectivity index (χ2v) is 16.1. The fourth-order valence-corrected chi connectivity index (χ4v) is 10.2. The second kappa shape index (κ2) is 11.7. The first-order valence-electron chi connectivity index (χ1n) is 11.3. The maximum absolute atomic E-state index is 12.3. The molecule has 0 aliphatic rings. The van der Waals surface area contributed by atoms with Crippen molar-refractivity contribution < 1.29 is 19.1 Å². The molecule has 172 valence electrons. The molecule has 29 heavy (non-hydrogen) atoms. The third-order valence-corrected chi connectivity index (χ3v) is 12.3. The number of carbonyl (C=O) groups is 1. The number of hydrogen-bond acceptors (Lipinski definition) is 4. The molecule has 0 aliphatic carbocycles. The first-order chi connectivity index (χ1) is 13.1. The molecule has 0 saturated carbocycles. The fourth-order valence-electron chi connectivity index (χ4n) is 4.51. The Balaban J connectivity index is 5.85. The number of carbonyl (C=O) groups excluding carboxylic acids is 1. The molecule has 4 atom stereocenters. The first-order valence-corrected chi connectivity index (χ1v) is 13.4. The van der Waals surface area contributed by atoms with Crippen LogP contribution in [0.5, 0.6) is 0 Å². The van der Waals surface area contributed by atoms with Crippen LogP contribution < -0.4 is 0 Å². The summed E-state index contributed by atoms with van der Waals surface area (Å²) in [6.45, 7) is 27.3. The van der Waals surface area contributed by atoms with Crippen molar-refractivity contribution in [3.8, 4) is 0 Å². The molecular formula is C24H48O4Si. The Morgan fingerprint density at radius 1 is 1.00 bits per heavy atom. The largest absolute Gasteiger partial charge is 0.465 e. The number of aliphatic hydroxyl groups is 1. The Hall–Kier alpha value is -0.653. The van der Waals surface area contributed by atoms with Gasteiger partial charge in [-0.1, -0.05) is 61.5 Å². The van der Waals surface area contributed by atoms with Gasteiger partial charge in [-0.2, -0.15) is 0 Å². The monoisotopic (exact) mass is 428 g/mol. The van der Waals surface area contributed by atoms with Crippen LogP contribution in [0.3, 0.4) is 0 Å². The molecule has 1 N–H and O–H groups in total. The molecule has 4 nitrogen and oxygen atoms in total. The predicted molar refractivity (Wildman–Crippen MR) is 125 cm³/mol. The molecule has 0 bridgehead atoms. The molecule has 0 spiro atoms. The number of aliphatic hydroxyl groups excluding tert-OH is 1. The minimum absolute atomic E-state index is 0.0149. The van der Waals surface area contributed by atoms with E-state index in [1.807, 2.05) is 27.7 Å². The highest BCUT2D eigenvalue weighted by molar-refractivity contribution is 6.77. The van der Waals surface area contributed by atoms with Gasteiger partial charge in [0.1, 0.15) is 0 Å².